The minimum Gasteiger partial charge on any atom is -0.383 e. The van der Waals surface area contributed by atoms with Crippen LogP contribution in [0.5, 0.6) is 0 Å². The molecule has 1 saturated carbocycles. The van der Waals surface area contributed by atoms with Crippen LogP contribution in [-0.4, -0.2) is 36.3 Å². The first kappa shape index (κ1) is 25.1. The molecule has 2 N–H and O–H groups in total. The minimum atomic E-state index is -0.308. The summed E-state index contributed by atoms with van der Waals surface area (Å²) in [4.78, 5) is 4.51. The summed E-state index contributed by atoms with van der Waals surface area (Å²) in [6.45, 7) is 7.13. The van der Waals surface area contributed by atoms with Crippen molar-refractivity contribution in [2.45, 2.75) is 45.7 Å². The Labute approximate surface area is 231 Å². The van der Waals surface area contributed by atoms with Gasteiger partial charge in [-0.15, -0.1) is 5.10 Å². The van der Waals surface area contributed by atoms with Crippen molar-refractivity contribution in [2.24, 2.45) is 12.5 Å². The largest absolute Gasteiger partial charge is 0.383 e. The van der Waals surface area contributed by atoms with E-state index in [4.69, 9.17) is 11.6 Å². The fraction of sp³-hybridized carbons (Fsp3) is 0.345. The topological polar surface area (TPSA) is 109 Å². The van der Waals surface area contributed by atoms with Crippen LogP contribution in [0, 0.1) is 16.7 Å². The predicted molar refractivity (Wildman–Crippen MR) is 154 cm³/mol. The van der Waals surface area contributed by atoms with Crippen molar-refractivity contribution in [2.75, 3.05) is 17.2 Å². The smallest absolute Gasteiger partial charge is 0.110 e. The molecule has 39 heavy (non-hydrogen) atoms. The fourth-order valence-corrected chi connectivity index (χ4v) is 5.09. The number of hydrogen-bond acceptors (Lipinski definition) is 7. The highest BCUT2D eigenvalue weighted by Crippen LogP contribution is 2.38. The van der Waals surface area contributed by atoms with Gasteiger partial charge >= 0.3 is 0 Å². The number of aromatic nitrogens is 6. The van der Waals surface area contributed by atoms with Gasteiger partial charge in [0, 0.05) is 42.4 Å². The van der Waals surface area contributed by atoms with Crippen LogP contribution in [0.15, 0.2) is 48.9 Å². The third-order valence-electron chi connectivity index (χ3n) is 6.91. The maximum atomic E-state index is 9.84. The van der Waals surface area contributed by atoms with Gasteiger partial charge in [0.15, 0.2) is 0 Å². The van der Waals surface area contributed by atoms with Gasteiger partial charge in [0.1, 0.15) is 11.8 Å². The molecule has 9 nitrogen and oxygen atoms in total. The molecule has 1 fully saturated rings. The number of anilines is 2. The lowest BCUT2D eigenvalue weighted by Gasteiger charge is -2.22. The minimum absolute atomic E-state index is 0.0167. The predicted octanol–water partition coefficient (Wildman–Crippen LogP) is 6.23. The number of aryl methyl sites for hydroxylation is 1. The first-order valence-corrected chi connectivity index (χ1v) is 13.4. The van der Waals surface area contributed by atoms with E-state index in [9.17, 15) is 5.26 Å². The summed E-state index contributed by atoms with van der Waals surface area (Å²) in [5.74, 6) is 0. The molecule has 1 unspecified atom stereocenters. The van der Waals surface area contributed by atoms with Crippen molar-refractivity contribution in [3.8, 4) is 6.07 Å². The molecule has 0 saturated heterocycles. The standard InChI is InChI=1S/C29H30ClN9/c1-29(2,3)16-33-26-17(12-31)13-32-27-21(26)10-18(11-23(27)30)34-28(25-15-39(37-35-25)19-8-9-19)20-6-5-7-24-22(20)14-38(4)36-24/h5-7,10-11,13-15,19,28,34H,8-9,16H2,1-4H3,(H,32,33). The van der Waals surface area contributed by atoms with Crippen LogP contribution in [0.4, 0.5) is 11.4 Å². The SMILES string of the molecule is Cn1cc2c(C(Nc3cc(Cl)c4ncc(C#N)c(NCC(C)(C)C)c4c3)c3cn(C4CC4)nn3)cccc2n1. The van der Waals surface area contributed by atoms with E-state index in [1.807, 2.05) is 53.1 Å². The van der Waals surface area contributed by atoms with Gasteiger partial charge in [0.05, 0.1) is 45.6 Å². The Balaban J connectivity index is 1.47. The summed E-state index contributed by atoms with van der Waals surface area (Å²) in [5.41, 5.74) is 5.41. The van der Waals surface area contributed by atoms with Crippen LogP contribution >= 0.6 is 11.6 Å². The second kappa shape index (κ2) is 9.54. The summed E-state index contributed by atoms with van der Waals surface area (Å²) in [6, 6.07) is 12.4. The Hall–Kier alpha value is -4.16. The van der Waals surface area contributed by atoms with E-state index >= 15 is 0 Å². The van der Waals surface area contributed by atoms with Gasteiger partial charge in [-0.05, 0) is 42.0 Å². The molecule has 2 aromatic carbocycles. The number of fused-ring (bicyclic) bond motifs is 2. The van der Waals surface area contributed by atoms with Crippen LogP contribution in [-0.2, 0) is 7.05 Å². The number of nitriles is 1. The summed E-state index contributed by atoms with van der Waals surface area (Å²) in [5, 5.41) is 32.9. The monoisotopic (exact) mass is 539 g/mol. The third-order valence-corrected chi connectivity index (χ3v) is 7.19. The Morgan fingerprint density at radius 1 is 1.18 bits per heavy atom. The molecular formula is C29H30ClN9. The summed E-state index contributed by atoms with van der Waals surface area (Å²) >= 11 is 6.79. The van der Waals surface area contributed by atoms with Crippen molar-refractivity contribution < 1.29 is 0 Å². The number of nitrogens with zero attached hydrogens (tertiary/aromatic N) is 7. The van der Waals surface area contributed by atoms with Crippen LogP contribution in [0.3, 0.4) is 0 Å². The van der Waals surface area contributed by atoms with E-state index in [-0.39, 0.29) is 11.5 Å². The molecule has 1 aliphatic carbocycles. The van der Waals surface area contributed by atoms with E-state index in [1.165, 1.54) is 0 Å². The summed E-state index contributed by atoms with van der Waals surface area (Å²) < 4.78 is 3.78. The van der Waals surface area contributed by atoms with E-state index < -0.39 is 0 Å². The van der Waals surface area contributed by atoms with Gasteiger partial charge in [-0.25, -0.2) is 4.68 Å². The number of halogens is 1. The third kappa shape index (κ3) is 5.00. The number of benzene rings is 2. The molecule has 6 rings (SSSR count). The van der Waals surface area contributed by atoms with Crippen molar-refractivity contribution >= 4 is 44.8 Å². The lowest BCUT2D eigenvalue weighted by molar-refractivity contribution is 0.443. The summed E-state index contributed by atoms with van der Waals surface area (Å²) in [6.07, 6.45) is 7.87. The highest BCUT2D eigenvalue weighted by Gasteiger charge is 2.28. The van der Waals surface area contributed by atoms with Crippen molar-refractivity contribution in [1.82, 2.24) is 29.8 Å². The Bertz CT molecular complexity index is 1730. The Morgan fingerprint density at radius 3 is 2.74 bits per heavy atom. The Morgan fingerprint density at radius 2 is 2.00 bits per heavy atom. The lowest BCUT2D eigenvalue weighted by atomic mass is 9.96. The molecule has 3 heterocycles. The lowest BCUT2D eigenvalue weighted by Crippen LogP contribution is -2.20. The molecule has 198 valence electrons. The van der Waals surface area contributed by atoms with E-state index in [1.54, 1.807) is 6.20 Å². The molecule has 1 atom stereocenters. The highest BCUT2D eigenvalue weighted by atomic mass is 35.5. The first-order valence-electron chi connectivity index (χ1n) is 13.1. The molecule has 0 spiro atoms. The van der Waals surface area contributed by atoms with Crippen LogP contribution in [0.2, 0.25) is 5.02 Å². The van der Waals surface area contributed by atoms with Gasteiger partial charge in [0.25, 0.3) is 0 Å². The maximum absolute atomic E-state index is 9.84. The number of nitrogens with one attached hydrogen (secondary N) is 2. The fourth-order valence-electron chi connectivity index (χ4n) is 4.83. The molecule has 3 aromatic heterocycles. The second-order valence-electron chi connectivity index (χ2n) is 11.4. The maximum Gasteiger partial charge on any atom is 0.110 e. The average Bonchev–Trinajstić information content (AvgIpc) is 3.49. The summed E-state index contributed by atoms with van der Waals surface area (Å²) in [7, 11) is 1.92. The van der Waals surface area contributed by atoms with Crippen molar-refractivity contribution in [3.05, 3.63) is 70.8 Å². The highest BCUT2D eigenvalue weighted by molar-refractivity contribution is 6.35. The Kier molecular flexibility index (Phi) is 6.15. The zero-order valence-corrected chi connectivity index (χ0v) is 23.2. The number of hydrogen-bond donors (Lipinski definition) is 2. The van der Waals surface area contributed by atoms with Crippen LogP contribution in [0.25, 0.3) is 21.8 Å². The van der Waals surface area contributed by atoms with Crippen LogP contribution in [0.1, 0.15) is 62.5 Å². The number of rotatable bonds is 7. The van der Waals surface area contributed by atoms with E-state index in [2.05, 4.69) is 63.9 Å². The van der Waals surface area contributed by atoms with Crippen molar-refractivity contribution in [3.63, 3.8) is 0 Å². The molecular weight excluding hydrogens is 510 g/mol. The van der Waals surface area contributed by atoms with Gasteiger partial charge in [-0.3, -0.25) is 9.67 Å². The van der Waals surface area contributed by atoms with Gasteiger partial charge in [0.2, 0.25) is 0 Å². The van der Waals surface area contributed by atoms with Crippen molar-refractivity contribution in [1.29, 1.82) is 5.26 Å². The molecule has 0 radical (unpaired) electrons. The first-order chi connectivity index (χ1) is 18.7. The quantitative estimate of drug-likeness (QED) is 0.252. The normalized spacial score (nSPS) is 14.5. The zero-order valence-electron chi connectivity index (χ0n) is 22.4. The molecule has 5 aromatic rings. The van der Waals surface area contributed by atoms with Gasteiger partial charge in [-0.1, -0.05) is 49.7 Å². The molecule has 10 heteroatoms. The second-order valence-corrected chi connectivity index (χ2v) is 11.8. The molecule has 0 amide bonds. The van der Waals surface area contributed by atoms with Gasteiger partial charge < -0.3 is 10.6 Å². The number of pyridine rings is 1. The molecule has 1 aliphatic rings. The molecule has 0 aliphatic heterocycles. The van der Waals surface area contributed by atoms with E-state index in [0.29, 0.717) is 28.7 Å². The van der Waals surface area contributed by atoms with E-state index in [0.717, 1.165) is 51.8 Å². The van der Waals surface area contributed by atoms with Gasteiger partial charge in [-0.2, -0.15) is 10.4 Å². The van der Waals surface area contributed by atoms with Crippen LogP contribution < -0.4 is 10.6 Å². The molecule has 0 bridgehead atoms. The zero-order chi connectivity index (χ0) is 27.3. The average molecular weight is 540 g/mol.